The number of nitrogens with one attached hydrogen (secondary N) is 1. The summed E-state index contributed by atoms with van der Waals surface area (Å²) in [5.74, 6) is 0.567. The SMILES string of the molecule is CCc1cc2c3c(c1)[C@@]1(C(=O)N3C(C)(C)C[C@@H]2C)C(C#N)=C(N)N2C(=C1C#N)Nc1ccccc12. The Kier molecular flexibility index (Phi) is 4.06. The van der Waals surface area contributed by atoms with Gasteiger partial charge in [0.05, 0.1) is 28.2 Å². The number of carbonyl (C=O) groups is 1. The van der Waals surface area contributed by atoms with Crippen LogP contribution in [0.25, 0.3) is 0 Å². The monoisotopic (exact) mass is 462 g/mol. The summed E-state index contributed by atoms with van der Waals surface area (Å²) >= 11 is 0. The smallest absolute Gasteiger partial charge is 0.249 e. The normalized spacial score (nSPS) is 25.2. The molecule has 1 amide bonds. The highest BCUT2D eigenvalue weighted by molar-refractivity contribution is 6.17. The van der Waals surface area contributed by atoms with Crippen LogP contribution in [0.3, 0.4) is 0 Å². The van der Waals surface area contributed by atoms with Crippen molar-refractivity contribution in [1.29, 1.82) is 10.5 Å². The zero-order chi connectivity index (χ0) is 24.9. The molecule has 4 aliphatic rings. The van der Waals surface area contributed by atoms with Gasteiger partial charge in [-0.15, -0.1) is 0 Å². The number of benzene rings is 2. The van der Waals surface area contributed by atoms with Gasteiger partial charge in [-0.3, -0.25) is 9.69 Å². The largest absolute Gasteiger partial charge is 0.384 e. The van der Waals surface area contributed by atoms with E-state index in [1.54, 1.807) is 4.90 Å². The van der Waals surface area contributed by atoms with E-state index >= 15 is 0 Å². The second kappa shape index (κ2) is 6.67. The number of fused-ring (bicyclic) bond motifs is 4. The highest BCUT2D eigenvalue weighted by Crippen LogP contribution is 2.61. The fraction of sp³-hybridized carbons (Fsp3) is 0.321. The Labute approximate surface area is 204 Å². The molecule has 2 atom stereocenters. The van der Waals surface area contributed by atoms with Crippen LogP contribution in [0.15, 0.2) is 59.2 Å². The van der Waals surface area contributed by atoms with Gasteiger partial charge in [0.2, 0.25) is 5.91 Å². The summed E-state index contributed by atoms with van der Waals surface area (Å²) in [5, 5.41) is 24.5. The first-order valence-corrected chi connectivity index (χ1v) is 12.0. The molecule has 0 unspecified atom stereocenters. The van der Waals surface area contributed by atoms with Crippen LogP contribution in [0.1, 0.15) is 56.7 Å². The number of nitrogens with zero attached hydrogens (tertiary/aromatic N) is 4. The van der Waals surface area contributed by atoms with Crippen LogP contribution in [-0.4, -0.2) is 11.4 Å². The van der Waals surface area contributed by atoms with Crippen molar-refractivity contribution in [1.82, 2.24) is 0 Å². The van der Waals surface area contributed by atoms with Crippen molar-refractivity contribution in [2.24, 2.45) is 5.73 Å². The lowest BCUT2D eigenvalue weighted by Gasteiger charge is -2.44. The lowest BCUT2D eigenvalue weighted by Crippen LogP contribution is -2.55. The highest BCUT2D eigenvalue weighted by atomic mass is 16.2. The number of carbonyl (C=O) groups excluding carboxylic acids is 1. The first kappa shape index (κ1) is 21.3. The van der Waals surface area contributed by atoms with E-state index in [0.29, 0.717) is 11.4 Å². The number of aryl methyl sites for hydroxylation is 1. The number of anilines is 3. The van der Waals surface area contributed by atoms with E-state index in [1.165, 1.54) is 0 Å². The number of nitrogens with two attached hydrogens (primary N) is 1. The zero-order valence-electron chi connectivity index (χ0n) is 20.2. The van der Waals surface area contributed by atoms with Crippen molar-refractivity contribution in [3.05, 3.63) is 75.9 Å². The quantitative estimate of drug-likeness (QED) is 0.646. The van der Waals surface area contributed by atoms with E-state index < -0.39 is 11.0 Å². The third-order valence-corrected chi connectivity index (χ3v) is 8.03. The van der Waals surface area contributed by atoms with E-state index in [0.717, 1.165) is 41.0 Å². The molecule has 2 aromatic rings. The van der Waals surface area contributed by atoms with Crippen LogP contribution in [0.5, 0.6) is 0 Å². The highest BCUT2D eigenvalue weighted by Gasteiger charge is 2.65. The fourth-order valence-electron chi connectivity index (χ4n) is 6.62. The lowest BCUT2D eigenvalue weighted by molar-refractivity contribution is -0.122. The number of amides is 1. The number of hydrogen-bond donors (Lipinski definition) is 2. The van der Waals surface area contributed by atoms with E-state index in [-0.39, 0.29) is 28.8 Å². The standard InChI is InChI=1S/C28H26N6O/c1-5-16-10-17-15(2)12-27(3,4)34-23(17)18(11-16)28(26(34)35)19(13-29)24(31)33-22-9-7-6-8-21(22)32-25(33)20(28)14-30/h6-11,15,32H,5,12,31H2,1-4H3/t15-,28+/m0/s1. The first-order chi connectivity index (χ1) is 16.7. The molecule has 2 aromatic carbocycles. The van der Waals surface area contributed by atoms with Crippen molar-refractivity contribution in [2.45, 2.75) is 57.4 Å². The Morgan fingerprint density at radius 3 is 2.57 bits per heavy atom. The molecule has 0 fully saturated rings. The minimum Gasteiger partial charge on any atom is -0.384 e. The molecule has 1 spiro atoms. The molecule has 35 heavy (non-hydrogen) atoms. The molecular weight excluding hydrogens is 436 g/mol. The molecule has 0 bridgehead atoms. The van der Waals surface area contributed by atoms with Crippen molar-refractivity contribution in [3.63, 3.8) is 0 Å². The molecule has 0 aromatic heterocycles. The number of para-hydroxylation sites is 2. The number of rotatable bonds is 1. The van der Waals surface area contributed by atoms with Gasteiger partial charge < -0.3 is 16.0 Å². The Hall–Kier alpha value is -4.23. The summed E-state index contributed by atoms with van der Waals surface area (Å²) < 4.78 is 0. The molecule has 174 valence electrons. The molecule has 0 aliphatic carbocycles. The maximum Gasteiger partial charge on any atom is 0.249 e. The Morgan fingerprint density at radius 1 is 1.17 bits per heavy atom. The summed E-state index contributed by atoms with van der Waals surface area (Å²) in [7, 11) is 0. The molecule has 4 aliphatic heterocycles. The molecule has 4 heterocycles. The third-order valence-electron chi connectivity index (χ3n) is 8.03. The predicted octanol–water partition coefficient (Wildman–Crippen LogP) is 4.49. The Morgan fingerprint density at radius 2 is 1.89 bits per heavy atom. The minimum absolute atomic E-state index is 0.106. The molecule has 0 saturated heterocycles. The summed E-state index contributed by atoms with van der Waals surface area (Å²) in [4.78, 5) is 18.2. The molecule has 0 saturated carbocycles. The second-order valence-corrected chi connectivity index (χ2v) is 10.4. The molecule has 0 radical (unpaired) electrons. The molecular formula is C28H26N6O. The van der Waals surface area contributed by atoms with Crippen molar-refractivity contribution in [3.8, 4) is 12.1 Å². The lowest BCUT2D eigenvalue weighted by atomic mass is 9.67. The van der Waals surface area contributed by atoms with Crippen LogP contribution in [0.4, 0.5) is 17.1 Å². The maximum atomic E-state index is 14.7. The van der Waals surface area contributed by atoms with Gasteiger partial charge in [0.1, 0.15) is 23.8 Å². The summed E-state index contributed by atoms with van der Waals surface area (Å²) in [6.45, 7) is 8.36. The van der Waals surface area contributed by atoms with E-state index in [9.17, 15) is 15.3 Å². The summed E-state index contributed by atoms with van der Waals surface area (Å²) in [6, 6.07) is 16.4. The van der Waals surface area contributed by atoms with E-state index in [4.69, 9.17) is 5.73 Å². The molecule has 7 nitrogen and oxygen atoms in total. The van der Waals surface area contributed by atoms with E-state index in [1.807, 2.05) is 35.2 Å². The maximum absolute atomic E-state index is 14.7. The third kappa shape index (κ3) is 2.31. The Balaban J connectivity index is 1.77. The van der Waals surface area contributed by atoms with Gasteiger partial charge in [-0.05, 0) is 55.9 Å². The van der Waals surface area contributed by atoms with Crippen LogP contribution in [-0.2, 0) is 16.6 Å². The Bertz CT molecular complexity index is 1500. The molecule has 7 heteroatoms. The van der Waals surface area contributed by atoms with Gasteiger partial charge in [0.15, 0.2) is 5.41 Å². The molecule has 6 rings (SSSR count). The fourth-order valence-corrected chi connectivity index (χ4v) is 6.62. The summed E-state index contributed by atoms with van der Waals surface area (Å²) in [6.07, 6.45) is 1.56. The minimum atomic E-state index is -1.59. The second-order valence-electron chi connectivity index (χ2n) is 10.4. The van der Waals surface area contributed by atoms with Gasteiger partial charge in [0, 0.05) is 11.1 Å². The topological polar surface area (TPSA) is 109 Å². The van der Waals surface area contributed by atoms with Crippen LogP contribution >= 0.6 is 0 Å². The van der Waals surface area contributed by atoms with E-state index in [2.05, 4.69) is 51.2 Å². The van der Waals surface area contributed by atoms with Crippen LogP contribution < -0.4 is 20.9 Å². The molecule has 3 N–H and O–H groups in total. The van der Waals surface area contributed by atoms with Crippen LogP contribution in [0.2, 0.25) is 0 Å². The van der Waals surface area contributed by atoms with Gasteiger partial charge in [-0.1, -0.05) is 38.1 Å². The van der Waals surface area contributed by atoms with Gasteiger partial charge >= 0.3 is 0 Å². The van der Waals surface area contributed by atoms with Crippen LogP contribution in [0, 0.1) is 22.7 Å². The average Bonchev–Trinajstić information content (AvgIpc) is 3.33. The van der Waals surface area contributed by atoms with Crippen molar-refractivity contribution in [2.75, 3.05) is 15.1 Å². The number of nitriles is 2. The number of hydrogen-bond acceptors (Lipinski definition) is 6. The zero-order valence-corrected chi connectivity index (χ0v) is 20.2. The average molecular weight is 463 g/mol. The van der Waals surface area contributed by atoms with Gasteiger partial charge in [-0.25, -0.2) is 0 Å². The van der Waals surface area contributed by atoms with Gasteiger partial charge in [0.25, 0.3) is 0 Å². The predicted molar refractivity (Wildman–Crippen MR) is 134 cm³/mol. The first-order valence-electron chi connectivity index (χ1n) is 12.0. The van der Waals surface area contributed by atoms with Crippen molar-refractivity contribution < 1.29 is 4.79 Å². The van der Waals surface area contributed by atoms with Crippen molar-refractivity contribution >= 4 is 23.0 Å². The summed E-state index contributed by atoms with van der Waals surface area (Å²) in [5.41, 5.74) is 10.2. The van der Waals surface area contributed by atoms with Gasteiger partial charge in [-0.2, -0.15) is 10.5 Å².